The van der Waals surface area contributed by atoms with Gasteiger partial charge in [-0.1, -0.05) is 26.0 Å². The summed E-state index contributed by atoms with van der Waals surface area (Å²) < 4.78 is 0. The molecule has 1 aromatic carbocycles. The molecule has 2 aliphatic rings. The molecule has 25 heavy (non-hydrogen) atoms. The van der Waals surface area contributed by atoms with Crippen molar-refractivity contribution in [1.82, 2.24) is 10.2 Å². The second kappa shape index (κ2) is 8.33. The van der Waals surface area contributed by atoms with Crippen LogP contribution in [0.3, 0.4) is 0 Å². The van der Waals surface area contributed by atoms with E-state index in [9.17, 15) is 4.79 Å². The summed E-state index contributed by atoms with van der Waals surface area (Å²) >= 11 is 0. The van der Waals surface area contributed by atoms with E-state index in [2.05, 4.69) is 49.2 Å². The largest absolute Gasteiger partial charge is 0.314 e. The average molecular weight is 344 g/mol. The first-order chi connectivity index (χ1) is 12.0. The van der Waals surface area contributed by atoms with Gasteiger partial charge in [0, 0.05) is 50.9 Å². The molecule has 1 fully saturated rings. The zero-order chi connectivity index (χ0) is 17.8. The Morgan fingerprint density at radius 2 is 1.92 bits per heavy atom. The number of carbonyl (C=O) groups is 1. The molecule has 1 atom stereocenters. The molecule has 0 bridgehead atoms. The lowest BCUT2D eigenvalue weighted by Crippen LogP contribution is -2.48. The molecule has 2 aliphatic heterocycles. The first-order valence-corrected chi connectivity index (χ1v) is 9.91. The molecule has 0 radical (unpaired) electrons. The Morgan fingerprint density at radius 1 is 1.16 bits per heavy atom. The highest BCUT2D eigenvalue weighted by Crippen LogP contribution is 2.29. The summed E-state index contributed by atoms with van der Waals surface area (Å²) in [6, 6.07) is 7.34. The second-order valence-electron chi connectivity index (χ2n) is 8.05. The molecule has 3 rings (SSSR count). The number of rotatable bonds is 5. The van der Waals surface area contributed by atoms with Crippen molar-refractivity contribution in [3.05, 3.63) is 29.3 Å². The van der Waals surface area contributed by atoms with E-state index < -0.39 is 0 Å². The number of nitrogens with one attached hydrogen (secondary N) is 1. The van der Waals surface area contributed by atoms with Crippen LogP contribution in [0.25, 0.3) is 0 Å². The molecular formula is C21H33N3O. The van der Waals surface area contributed by atoms with Gasteiger partial charge in [0.2, 0.25) is 5.91 Å². The molecule has 4 heteroatoms. The van der Waals surface area contributed by atoms with Gasteiger partial charge in [-0.15, -0.1) is 0 Å². The minimum atomic E-state index is 0.276. The summed E-state index contributed by atoms with van der Waals surface area (Å²) in [7, 11) is 0. The topological polar surface area (TPSA) is 35.6 Å². The van der Waals surface area contributed by atoms with Crippen molar-refractivity contribution in [3.63, 3.8) is 0 Å². The fourth-order valence-corrected chi connectivity index (χ4v) is 4.09. The number of anilines is 1. The number of nitrogens with zero attached hydrogens (tertiary/aromatic N) is 2. The van der Waals surface area contributed by atoms with Gasteiger partial charge >= 0.3 is 0 Å². The third-order valence-electron chi connectivity index (χ3n) is 5.45. The fraction of sp³-hybridized carbons (Fsp3) is 0.667. The van der Waals surface area contributed by atoms with Crippen molar-refractivity contribution in [2.45, 2.75) is 52.5 Å². The Morgan fingerprint density at radius 3 is 2.64 bits per heavy atom. The molecule has 1 amide bonds. The summed E-state index contributed by atoms with van der Waals surface area (Å²) in [5.41, 5.74) is 3.91. The predicted molar refractivity (Wildman–Crippen MR) is 104 cm³/mol. The maximum atomic E-state index is 12.6. The molecule has 4 nitrogen and oxygen atoms in total. The van der Waals surface area contributed by atoms with Gasteiger partial charge in [0.25, 0.3) is 0 Å². The second-order valence-corrected chi connectivity index (χ2v) is 8.05. The van der Waals surface area contributed by atoms with Crippen LogP contribution in [0.15, 0.2) is 18.2 Å². The van der Waals surface area contributed by atoms with Crippen molar-refractivity contribution in [2.24, 2.45) is 5.92 Å². The van der Waals surface area contributed by atoms with Gasteiger partial charge in [-0.05, 0) is 49.3 Å². The van der Waals surface area contributed by atoms with E-state index in [1.807, 2.05) is 4.90 Å². The van der Waals surface area contributed by atoms with Crippen molar-refractivity contribution in [1.29, 1.82) is 0 Å². The van der Waals surface area contributed by atoms with Crippen LogP contribution < -0.4 is 10.2 Å². The highest BCUT2D eigenvalue weighted by atomic mass is 16.2. The van der Waals surface area contributed by atoms with Crippen LogP contribution in [0.1, 0.15) is 44.7 Å². The van der Waals surface area contributed by atoms with E-state index in [-0.39, 0.29) is 5.91 Å². The van der Waals surface area contributed by atoms with E-state index in [1.165, 1.54) is 11.1 Å². The van der Waals surface area contributed by atoms with Crippen LogP contribution in [0.2, 0.25) is 0 Å². The van der Waals surface area contributed by atoms with E-state index in [0.717, 1.165) is 57.7 Å². The van der Waals surface area contributed by atoms with E-state index in [4.69, 9.17) is 0 Å². The zero-order valence-corrected chi connectivity index (χ0v) is 16.1. The molecule has 2 heterocycles. The van der Waals surface area contributed by atoms with Crippen LogP contribution >= 0.6 is 0 Å². The summed E-state index contributed by atoms with van der Waals surface area (Å²) in [4.78, 5) is 17.1. The van der Waals surface area contributed by atoms with Crippen molar-refractivity contribution >= 4 is 11.6 Å². The Labute approximate surface area is 152 Å². The van der Waals surface area contributed by atoms with Crippen LogP contribution in [-0.4, -0.2) is 49.6 Å². The number of hydrogen-bond donors (Lipinski definition) is 1. The van der Waals surface area contributed by atoms with Crippen molar-refractivity contribution in [2.75, 3.05) is 37.6 Å². The first kappa shape index (κ1) is 18.4. The molecule has 1 unspecified atom stereocenters. The number of carbonyl (C=O) groups excluding carboxylic acids is 1. The monoisotopic (exact) mass is 343 g/mol. The zero-order valence-electron chi connectivity index (χ0n) is 16.1. The van der Waals surface area contributed by atoms with E-state index >= 15 is 0 Å². The predicted octanol–water partition coefficient (Wildman–Crippen LogP) is 2.85. The summed E-state index contributed by atoms with van der Waals surface area (Å²) in [5.74, 6) is 0.690. The highest BCUT2D eigenvalue weighted by Gasteiger charge is 2.24. The molecule has 1 saturated heterocycles. The lowest BCUT2D eigenvalue weighted by atomic mass is 9.95. The lowest BCUT2D eigenvalue weighted by Gasteiger charge is -2.33. The van der Waals surface area contributed by atoms with Crippen LogP contribution in [0.5, 0.6) is 0 Å². The number of fused-ring (bicyclic) bond motifs is 1. The first-order valence-electron chi connectivity index (χ1n) is 9.91. The molecule has 1 N–H and O–H groups in total. The highest BCUT2D eigenvalue weighted by molar-refractivity contribution is 5.94. The Balaban J connectivity index is 1.69. The maximum absolute atomic E-state index is 12.6. The maximum Gasteiger partial charge on any atom is 0.227 e. The van der Waals surface area contributed by atoms with Crippen LogP contribution in [-0.2, 0) is 17.6 Å². The smallest absolute Gasteiger partial charge is 0.227 e. The summed E-state index contributed by atoms with van der Waals surface area (Å²) in [6.07, 6.45) is 3.90. The molecule has 0 aromatic heterocycles. The Hall–Kier alpha value is -1.39. The molecule has 0 saturated carbocycles. The number of hydrogen-bond acceptors (Lipinski definition) is 3. The third kappa shape index (κ3) is 4.62. The standard InChI is InChI=1S/C21H33N3O/c1-16(2)13-21(25)24-10-4-5-19-15-18(6-7-20(19)24)14-17(3)23-11-8-22-9-12-23/h6-7,15-17,22H,4-5,8-14H2,1-3H3. The lowest BCUT2D eigenvalue weighted by molar-refractivity contribution is -0.119. The Kier molecular flexibility index (Phi) is 6.13. The quantitative estimate of drug-likeness (QED) is 0.893. The van der Waals surface area contributed by atoms with Crippen molar-refractivity contribution in [3.8, 4) is 0 Å². The summed E-state index contributed by atoms with van der Waals surface area (Å²) in [5, 5.41) is 3.42. The fourth-order valence-electron chi connectivity index (χ4n) is 4.09. The summed E-state index contributed by atoms with van der Waals surface area (Å²) in [6.45, 7) is 11.9. The number of benzene rings is 1. The number of piperazine rings is 1. The van der Waals surface area contributed by atoms with Gasteiger partial charge in [-0.2, -0.15) is 0 Å². The molecule has 1 aromatic rings. The molecule has 0 spiro atoms. The van der Waals surface area contributed by atoms with Gasteiger partial charge < -0.3 is 10.2 Å². The molecular weight excluding hydrogens is 310 g/mol. The van der Waals surface area contributed by atoms with Crippen LogP contribution in [0, 0.1) is 5.92 Å². The third-order valence-corrected chi connectivity index (χ3v) is 5.45. The van der Waals surface area contributed by atoms with E-state index in [1.54, 1.807) is 0 Å². The minimum absolute atomic E-state index is 0.276. The van der Waals surface area contributed by atoms with Gasteiger partial charge in [-0.25, -0.2) is 0 Å². The Bertz CT molecular complexity index is 593. The van der Waals surface area contributed by atoms with Gasteiger partial charge in [-0.3, -0.25) is 9.69 Å². The SMILES string of the molecule is CC(C)CC(=O)N1CCCc2cc(CC(C)N3CCNCC3)ccc21. The van der Waals surface area contributed by atoms with E-state index in [0.29, 0.717) is 18.4 Å². The van der Waals surface area contributed by atoms with Crippen LogP contribution in [0.4, 0.5) is 5.69 Å². The van der Waals surface area contributed by atoms with Crippen molar-refractivity contribution < 1.29 is 4.79 Å². The van der Waals surface area contributed by atoms with Gasteiger partial charge in [0.15, 0.2) is 0 Å². The normalized spacial score (nSPS) is 19.8. The molecule has 138 valence electrons. The number of aryl methyl sites for hydroxylation is 1. The van der Waals surface area contributed by atoms with Gasteiger partial charge in [0.1, 0.15) is 0 Å². The average Bonchev–Trinajstić information content (AvgIpc) is 2.61. The minimum Gasteiger partial charge on any atom is -0.314 e. The van der Waals surface area contributed by atoms with Gasteiger partial charge in [0.05, 0.1) is 0 Å². The number of amides is 1. The molecule has 0 aliphatic carbocycles.